The van der Waals surface area contributed by atoms with E-state index in [-0.39, 0.29) is 5.75 Å². The Morgan fingerprint density at radius 2 is 2.09 bits per heavy atom. The van der Waals surface area contributed by atoms with Gasteiger partial charge in [-0.25, -0.2) is 8.42 Å². The van der Waals surface area contributed by atoms with E-state index < -0.39 is 9.84 Å². The molecule has 0 bridgehead atoms. The van der Waals surface area contributed by atoms with Gasteiger partial charge in [-0.3, -0.25) is 0 Å². The van der Waals surface area contributed by atoms with Crippen LogP contribution in [0.2, 0.25) is 0 Å². The molecular weight excluding hydrogens is 314 g/mol. The van der Waals surface area contributed by atoms with Crippen molar-refractivity contribution in [1.82, 2.24) is 10.1 Å². The number of rotatable bonds is 6. The number of hydrogen-bond acceptors (Lipinski definition) is 6. The number of sulfone groups is 1. The zero-order valence-electron chi connectivity index (χ0n) is 13.2. The molecule has 3 rings (SSSR count). The van der Waals surface area contributed by atoms with Crippen molar-refractivity contribution in [1.29, 1.82) is 0 Å². The maximum Gasteiger partial charge on any atom is 0.228 e. The summed E-state index contributed by atoms with van der Waals surface area (Å²) in [6, 6.07) is 8.47. The van der Waals surface area contributed by atoms with Crippen molar-refractivity contribution < 1.29 is 12.9 Å². The topological polar surface area (TPSA) is 76.3 Å². The molecular formula is C16H21N3O3S. The Bertz CT molecular complexity index is 770. The molecule has 1 aliphatic rings. The predicted molar refractivity (Wildman–Crippen MR) is 88.4 cm³/mol. The molecule has 0 atom stereocenters. The highest BCUT2D eigenvalue weighted by molar-refractivity contribution is 7.90. The van der Waals surface area contributed by atoms with Gasteiger partial charge >= 0.3 is 0 Å². The highest BCUT2D eigenvalue weighted by atomic mass is 32.2. The SMILES string of the molecule is CS(=O)(=O)CCc1noc(CCN2CCCc3ccccc32)n1. The van der Waals surface area contributed by atoms with Gasteiger partial charge < -0.3 is 9.42 Å². The van der Waals surface area contributed by atoms with Gasteiger partial charge in [0.15, 0.2) is 5.82 Å². The number of para-hydroxylation sites is 1. The zero-order chi connectivity index (χ0) is 16.3. The van der Waals surface area contributed by atoms with E-state index in [0.717, 1.165) is 25.9 Å². The number of anilines is 1. The Hall–Kier alpha value is -1.89. The van der Waals surface area contributed by atoms with Gasteiger partial charge in [0.25, 0.3) is 0 Å². The molecule has 1 aliphatic heterocycles. The fourth-order valence-corrected chi connectivity index (χ4v) is 3.40. The molecule has 0 spiro atoms. The summed E-state index contributed by atoms with van der Waals surface area (Å²) in [5.41, 5.74) is 2.67. The van der Waals surface area contributed by atoms with E-state index in [0.29, 0.717) is 24.6 Å². The highest BCUT2D eigenvalue weighted by Gasteiger charge is 2.17. The summed E-state index contributed by atoms with van der Waals surface area (Å²) in [5, 5.41) is 3.86. The summed E-state index contributed by atoms with van der Waals surface area (Å²) in [6.45, 7) is 1.86. The molecule has 0 unspecified atom stereocenters. The third-order valence-electron chi connectivity index (χ3n) is 4.01. The first-order valence-electron chi connectivity index (χ1n) is 7.83. The summed E-state index contributed by atoms with van der Waals surface area (Å²) in [5.74, 6) is 1.08. The predicted octanol–water partition coefficient (Wildman–Crippen LogP) is 1.65. The molecule has 2 heterocycles. The Balaban J connectivity index is 1.58. The van der Waals surface area contributed by atoms with Crippen molar-refractivity contribution in [3.8, 4) is 0 Å². The second-order valence-electron chi connectivity index (χ2n) is 5.95. The standard InChI is InChI=1S/C16H21N3O3S/c1-23(20,21)12-9-15-17-16(22-18-15)8-11-19-10-4-6-13-5-2-3-7-14(13)19/h2-3,5,7H,4,6,8-12H2,1H3. The maximum absolute atomic E-state index is 11.2. The summed E-state index contributed by atoms with van der Waals surface area (Å²) in [6.07, 6.45) is 4.46. The second-order valence-corrected chi connectivity index (χ2v) is 8.21. The van der Waals surface area contributed by atoms with Gasteiger partial charge in [-0.15, -0.1) is 0 Å². The molecule has 0 saturated carbocycles. The smallest absolute Gasteiger partial charge is 0.228 e. The lowest BCUT2D eigenvalue weighted by molar-refractivity contribution is 0.373. The van der Waals surface area contributed by atoms with Gasteiger partial charge in [0.1, 0.15) is 9.84 Å². The minimum absolute atomic E-state index is 0.0471. The summed E-state index contributed by atoms with van der Waals surface area (Å²) in [7, 11) is -3.01. The number of hydrogen-bond donors (Lipinski definition) is 0. The summed E-state index contributed by atoms with van der Waals surface area (Å²) < 4.78 is 27.6. The molecule has 2 aromatic rings. The fraction of sp³-hybridized carbons (Fsp3) is 0.500. The van der Waals surface area contributed by atoms with Gasteiger partial charge in [-0.2, -0.15) is 4.98 Å². The average Bonchev–Trinajstić information content (AvgIpc) is 2.98. The summed E-state index contributed by atoms with van der Waals surface area (Å²) >= 11 is 0. The Morgan fingerprint density at radius 1 is 1.26 bits per heavy atom. The minimum Gasteiger partial charge on any atom is -0.371 e. The molecule has 1 aromatic heterocycles. The molecule has 0 fully saturated rings. The molecule has 0 saturated heterocycles. The van der Waals surface area contributed by atoms with E-state index in [1.54, 1.807) is 0 Å². The van der Waals surface area contributed by atoms with Gasteiger partial charge in [0.05, 0.1) is 5.75 Å². The molecule has 6 nitrogen and oxygen atoms in total. The van der Waals surface area contributed by atoms with Crippen LogP contribution < -0.4 is 4.90 Å². The van der Waals surface area contributed by atoms with Crippen LogP contribution in [0.1, 0.15) is 23.7 Å². The van der Waals surface area contributed by atoms with Crippen molar-refractivity contribution in [2.45, 2.75) is 25.7 Å². The van der Waals surface area contributed by atoms with Gasteiger partial charge in [-0.05, 0) is 24.5 Å². The molecule has 1 aromatic carbocycles. The van der Waals surface area contributed by atoms with Gasteiger partial charge in [0, 0.05) is 37.9 Å². The lowest BCUT2D eigenvalue weighted by Gasteiger charge is -2.30. The molecule has 7 heteroatoms. The van der Waals surface area contributed by atoms with Crippen LogP contribution in [0, 0.1) is 0 Å². The van der Waals surface area contributed by atoms with Crippen LogP contribution in [-0.2, 0) is 29.1 Å². The van der Waals surface area contributed by atoms with E-state index in [9.17, 15) is 8.42 Å². The monoisotopic (exact) mass is 335 g/mol. The molecule has 124 valence electrons. The first-order valence-corrected chi connectivity index (χ1v) is 9.89. The van der Waals surface area contributed by atoms with Crippen LogP contribution in [0.15, 0.2) is 28.8 Å². The van der Waals surface area contributed by atoms with Crippen molar-refractivity contribution in [2.24, 2.45) is 0 Å². The van der Waals surface area contributed by atoms with Crippen molar-refractivity contribution in [2.75, 3.05) is 30.0 Å². The third-order valence-corrected chi connectivity index (χ3v) is 4.95. The Morgan fingerprint density at radius 3 is 2.91 bits per heavy atom. The van der Waals surface area contributed by atoms with Crippen molar-refractivity contribution in [3.05, 3.63) is 41.5 Å². The number of aryl methyl sites for hydroxylation is 2. The number of fused-ring (bicyclic) bond motifs is 1. The molecule has 0 amide bonds. The fourth-order valence-electron chi connectivity index (χ4n) is 2.84. The highest BCUT2D eigenvalue weighted by Crippen LogP contribution is 2.26. The first-order chi connectivity index (χ1) is 11.0. The van der Waals surface area contributed by atoms with Gasteiger partial charge in [-0.1, -0.05) is 23.4 Å². The second kappa shape index (κ2) is 6.70. The normalized spacial score (nSPS) is 14.7. The van der Waals surface area contributed by atoms with Crippen LogP contribution >= 0.6 is 0 Å². The maximum atomic E-state index is 11.2. The minimum atomic E-state index is -3.01. The van der Waals surface area contributed by atoms with Crippen molar-refractivity contribution >= 4 is 15.5 Å². The number of benzene rings is 1. The average molecular weight is 335 g/mol. The lowest BCUT2D eigenvalue weighted by atomic mass is 10.0. The van der Waals surface area contributed by atoms with E-state index >= 15 is 0 Å². The molecule has 0 aliphatic carbocycles. The molecule has 0 N–H and O–H groups in total. The van der Waals surface area contributed by atoms with E-state index in [1.807, 2.05) is 0 Å². The Labute approximate surface area is 136 Å². The van der Waals surface area contributed by atoms with Crippen LogP contribution in [0.3, 0.4) is 0 Å². The van der Waals surface area contributed by atoms with E-state index in [4.69, 9.17) is 4.52 Å². The van der Waals surface area contributed by atoms with Crippen LogP contribution in [0.5, 0.6) is 0 Å². The van der Waals surface area contributed by atoms with Crippen LogP contribution in [0.25, 0.3) is 0 Å². The van der Waals surface area contributed by atoms with Crippen molar-refractivity contribution in [3.63, 3.8) is 0 Å². The quantitative estimate of drug-likeness (QED) is 0.799. The largest absolute Gasteiger partial charge is 0.371 e. The number of aromatic nitrogens is 2. The summed E-state index contributed by atoms with van der Waals surface area (Å²) in [4.78, 5) is 6.63. The molecule has 0 radical (unpaired) electrons. The van der Waals surface area contributed by atoms with E-state index in [1.165, 1.54) is 17.5 Å². The van der Waals surface area contributed by atoms with Gasteiger partial charge in [0.2, 0.25) is 5.89 Å². The van der Waals surface area contributed by atoms with E-state index in [2.05, 4.69) is 39.3 Å². The molecule has 23 heavy (non-hydrogen) atoms. The zero-order valence-corrected chi connectivity index (χ0v) is 14.1. The number of nitrogens with zero attached hydrogens (tertiary/aromatic N) is 3. The van der Waals surface area contributed by atoms with Crippen LogP contribution in [0.4, 0.5) is 5.69 Å². The third kappa shape index (κ3) is 4.31. The first kappa shape index (κ1) is 16.0. The van der Waals surface area contributed by atoms with Crippen LogP contribution in [-0.4, -0.2) is 43.7 Å². The Kier molecular flexibility index (Phi) is 4.66. The lowest BCUT2D eigenvalue weighted by Crippen LogP contribution is -2.31.